The number of nitrogen functional groups attached to an aromatic ring is 1. The molecule has 2 aromatic carbocycles. The molecule has 0 spiro atoms. The van der Waals surface area contributed by atoms with Gasteiger partial charge in [0.2, 0.25) is 0 Å². The highest BCUT2D eigenvalue weighted by molar-refractivity contribution is 6.04. The molecule has 1 heterocycles. The number of rotatable bonds is 3. The maximum absolute atomic E-state index is 12.3. The van der Waals surface area contributed by atoms with Gasteiger partial charge >= 0.3 is 0 Å². The Bertz CT molecular complexity index is 686. The molecule has 0 atom stereocenters. The first-order valence-electron chi connectivity index (χ1n) is 8.24. The van der Waals surface area contributed by atoms with Crippen molar-refractivity contribution in [1.29, 1.82) is 0 Å². The minimum Gasteiger partial charge on any atom is -0.399 e. The molecule has 1 saturated heterocycles. The number of amides is 1. The molecule has 1 aliphatic rings. The lowest BCUT2D eigenvalue weighted by Gasteiger charge is -2.23. The van der Waals surface area contributed by atoms with Crippen molar-refractivity contribution in [3.63, 3.8) is 0 Å². The monoisotopic (exact) mass is 381 g/mol. The Balaban J connectivity index is 0.00000156. The van der Waals surface area contributed by atoms with Crippen LogP contribution in [0.3, 0.4) is 0 Å². The Hall–Kier alpha value is -1.91. The molecule has 0 bridgehead atoms. The zero-order valence-electron chi connectivity index (χ0n) is 14.1. The molecule has 3 N–H and O–H groups in total. The van der Waals surface area contributed by atoms with Gasteiger partial charge in [0.25, 0.3) is 5.91 Å². The van der Waals surface area contributed by atoms with E-state index in [1.807, 2.05) is 12.1 Å². The summed E-state index contributed by atoms with van der Waals surface area (Å²) in [5.41, 5.74) is 8.90. The number of nitrogens with zero attached hydrogens (tertiary/aromatic N) is 1. The molecule has 2 aromatic rings. The van der Waals surface area contributed by atoms with Crippen LogP contribution >= 0.6 is 24.8 Å². The molecule has 136 valence electrons. The van der Waals surface area contributed by atoms with Crippen molar-refractivity contribution in [1.82, 2.24) is 0 Å². The summed E-state index contributed by atoms with van der Waals surface area (Å²) in [4.78, 5) is 14.7. The van der Waals surface area contributed by atoms with E-state index in [9.17, 15) is 4.79 Å². The van der Waals surface area contributed by atoms with Crippen molar-refractivity contribution in [2.24, 2.45) is 0 Å². The largest absolute Gasteiger partial charge is 0.399 e. The predicted molar refractivity (Wildman–Crippen MR) is 110 cm³/mol. The van der Waals surface area contributed by atoms with Crippen LogP contribution in [0.4, 0.5) is 17.1 Å². The number of anilines is 3. The van der Waals surface area contributed by atoms with Crippen LogP contribution in [-0.4, -0.2) is 19.0 Å². The van der Waals surface area contributed by atoms with Gasteiger partial charge in [-0.3, -0.25) is 4.79 Å². The molecule has 1 aliphatic heterocycles. The molecular weight excluding hydrogens is 357 g/mol. The fourth-order valence-corrected chi connectivity index (χ4v) is 2.99. The van der Waals surface area contributed by atoms with E-state index >= 15 is 0 Å². The molecule has 25 heavy (non-hydrogen) atoms. The number of nitrogens with two attached hydrogens (primary N) is 1. The molecule has 0 unspecified atom stereocenters. The topological polar surface area (TPSA) is 58.4 Å². The summed E-state index contributed by atoms with van der Waals surface area (Å²) < 4.78 is 0. The van der Waals surface area contributed by atoms with Gasteiger partial charge in [0.05, 0.1) is 0 Å². The Labute approximate surface area is 161 Å². The zero-order chi connectivity index (χ0) is 16.1. The Kier molecular flexibility index (Phi) is 8.59. The van der Waals surface area contributed by atoms with Crippen molar-refractivity contribution in [2.45, 2.75) is 25.7 Å². The van der Waals surface area contributed by atoms with Gasteiger partial charge < -0.3 is 16.0 Å². The van der Waals surface area contributed by atoms with Crippen LogP contribution in [0, 0.1) is 0 Å². The van der Waals surface area contributed by atoms with E-state index in [2.05, 4.69) is 22.3 Å². The van der Waals surface area contributed by atoms with E-state index in [0.717, 1.165) is 18.8 Å². The van der Waals surface area contributed by atoms with Crippen molar-refractivity contribution >= 4 is 47.8 Å². The van der Waals surface area contributed by atoms with Gasteiger partial charge in [-0.2, -0.15) is 0 Å². The molecule has 0 aromatic heterocycles. The predicted octanol–water partition coefficient (Wildman–Crippen LogP) is 4.75. The van der Waals surface area contributed by atoms with Crippen molar-refractivity contribution < 1.29 is 4.79 Å². The Morgan fingerprint density at radius 1 is 0.920 bits per heavy atom. The normalized spacial score (nSPS) is 13.8. The smallest absolute Gasteiger partial charge is 0.255 e. The van der Waals surface area contributed by atoms with Crippen LogP contribution < -0.4 is 16.0 Å². The van der Waals surface area contributed by atoms with Crippen LogP contribution in [0.5, 0.6) is 0 Å². The molecule has 0 saturated carbocycles. The van der Waals surface area contributed by atoms with Gasteiger partial charge in [0.1, 0.15) is 0 Å². The average Bonchev–Trinajstić information content (AvgIpc) is 2.84. The maximum Gasteiger partial charge on any atom is 0.255 e. The minimum atomic E-state index is -0.134. The highest BCUT2D eigenvalue weighted by Crippen LogP contribution is 2.23. The van der Waals surface area contributed by atoms with Crippen LogP contribution in [0.2, 0.25) is 0 Å². The summed E-state index contributed by atoms with van der Waals surface area (Å²) >= 11 is 0. The standard InChI is InChI=1S/C19H23N3O.2ClH/c20-16-8-5-7-15(13-16)19(23)21-17-9-6-10-18(14-17)22-11-3-1-2-4-12-22;;/h5-10,13-14H,1-4,11-12,20H2,(H,21,23);2*1H. The van der Waals surface area contributed by atoms with Gasteiger partial charge in [0.15, 0.2) is 0 Å². The molecule has 0 aliphatic carbocycles. The molecule has 1 fully saturated rings. The van der Waals surface area contributed by atoms with E-state index in [1.165, 1.54) is 31.4 Å². The van der Waals surface area contributed by atoms with Gasteiger partial charge in [-0.15, -0.1) is 24.8 Å². The first kappa shape index (κ1) is 21.1. The number of benzene rings is 2. The average molecular weight is 382 g/mol. The quantitative estimate of drug-likeness (QED) is 0.754. The lowest BCUT2D eigenvalue weighted by atomic mass is 10.2. The zero-order valence-corrected chi connectivity index (χ0v) is 15.7. The molecule has 4 nitrogen and oxygen atoms in total. The van der Waals surface area contributed by atoms with Crippen molar-refractivity contribution in [3.8, 4) is 0 Å². The first-order valence-corrected chi connectivity index (χ1v) is 8.24. The Morgan fingerprint density at radius 3 is 2.28 bits per heavy atom. The van der Waals surface area contributed by atoms with Gasteiger partial charge in [-0.1, -0.05) is 25.0 Å². The highest BCUT2D eigenvalue weighted by Gasteiger charge is 2.11. The maximum atomic E-state index is 12.3. The number of nitrogens with one attached hydrogen (secondary N) is 1. The summed E-state index contributed by atoms with van der Waals surface area (Å²) in [6.45, 7) is 2.18. The second-order valence-electron chi connectivity index (χ2n) is 6.03. The second-order valence-corrected chi connectivity index (χ2v) is 6.03. The van der Waals surface area contributed by atoms with E-state index in [4.69, 9.17) is 5.73 Å². The van der Waals surface area contributed by atoms with Gasteiger partial charge in [0, 0.05) is 35.7 Å². The molecule has 0 radical (unpaired) electrons. The first-order chi connectivity index (χ1) is 11.2. The van der Waals surface area contributed by atoms with Gasteiger partial charge in [-0.25, -0.2) is 0 Å². The molecule has 1 amide bonds. The van der Waals surface area contributed by atoms with E-state index < -0.39 is 0 Å². The van der Waals surface area contributed by atoms with E-state index in [-0.39, 0.29) is 30.7 Å². The fraction of sp³-hybridized carbons (Fsp3) is 0.316. The summed E-state index contributed by atoms with van der Waals surface area (Å²) in [7, 11) is 0. The SMILES string of the molecule is Cl.Cl.Nc1cccc(C(=O)Nc2cccc(N3CCCCCC3)c2)c1. The van der Waals surface area contributed by atoms with E-state index in [1.54, 1.807) is 24.3 Å². The second kappa shape index (κ2) is 10.2. The van der Waals surface area contributed by atoms with Crippen molar-refractivity contribution in [2.75, 3.05) is 29.0 Å². The number of hydrogen-bond acceptors (Lipinski definition) is 3. The number of carbonyl (C=O) groups excluding carboxylic acids is 1. The summed E-state index contributed by atoms with van der Waals surface area (Å²) in [6, 6.07) is 15.1. The van der Waals surface area contributed by atoms with Crippen LogP contribution in [-0.2, 0) is 0 Å². The van der Waals surface area contributed by atoms with Crippen LogP contribution in [0.15, 0.2) is 48.5 Å². The summed E-state index contributed by atoms with van der Waals surface area (Å²) in [5.74, 6) is -0.134. The molecule has 6 heteroatoms. The third kappa shape index (κ3) is 5.83. The number of halogens is 2. The third-order valence-corrected chi connectivity index (χ3v) is 4.22. The third-order valence-electron chi connectivity index (χ3n) is 4.22. The fourth-order valence-electron chi connectivity index (χ4n) is 2.99. The number of carbonyl (C=O) groups is 1. The molecule has 3 rings (SSSR count). The Morgan fingerprint density at radius 2 is 1.60 bits per heavy atom. The lowest BCUT2D eigenvalue weighted by Crippen LogP contribution is -2.24. The molecular formula is C19H25Cl2N3O. The summed E-state index contributed by atoms with van der Waals surface area (Å²) in [6.07, 6.45) is 5.09. The van der Waals surface area contributed by atoms with Crippen molar-refractivity contribution in [3.05, 3.63) is 54.1 Å². The van der Waals surface area contributed by atoms with E-state index in [0.29, 0.717) is 11.3 Å². The number of hydrogen-bond donors (Lipinski definition) is 2. The van der Waals surface area contributed by atoms with Gasteiger partial charge in [-0.05, 0) is 49.2 Å². The summed E-state index contributed by atoms with van der Waals surface area (Å²) in [5, 5.41) is 2.96. The van der Waals surface area contributed by atoms with Crippen LogP contribution in [0.1, 0.15) is 36.0 Å². The lowest BCUT2D eigenvalue weighted by molar-refractivity contribution is 0.102. The minimum absolute atomic E-state index is 0. The van der Waals surface area contributed by atoms with Crippen LogP contribution in [0.25, 0.3) is 0 Å². The highest BCUT2D eigenvalue weighted by atomic mass is 35.5.